The first-order valence-corrected chi connectivity index (χ1v) is 6.91. The van der Waals surface area contributed by atoms with Crippen LogP contribution in [0.5, 0.6) is 0 Å². The molecule has 0 unspecified atom stereocenters. The van der Waals surface area contributed by atoms with Crippen molar-refractivity contribution in [3.05, 3.63) is 24.3 Å². The quantitative estimate of drug-likeness (QED) is 0.770. The van der Waals surface area contributed by atoms with Gasteiger partial charge >= 0.3 is 0 Å². The maximum Gasteiger partial charge on any atom is 0.261 e. The van der Waals surface area contributed by atoms with Crippen molar-refractivity contribution in [1.82, 2.24) is 0 Å². The second kappa shape index (κ2) is 4.41. The molecule has 0 aliphatic carbocycles. The minimum atomic E-state index is -3.61. The molecule has 0 saturated carbocycles. The fraction of sp³-hybridized carbons (Fsp3) is 0.400. The van der Waals surface area contributed by atoms with Crippen molar-refractivity contribution in [2.24, 2.45) is 0 Å². The molecule has 0 bridgehead atoms. The van der Waals surface area contributed by atoms with E-state index in [1.165, 1.54) is 12.1 Å². The Kier molecular flexibility index (Phi) is 3.62. The van der Waals surface area contributed by atoms with Crippen LogP contribution >= 0.6 is 10.7 Å². The van der Waals surface area contributed by atoms with Crippen LogP contribution in [0.4, 0.5) is 5.69 Å². The van der Waals surface area contributed by atoms with E-state index in [2.05, 4.69) is 13.8 Å². The van der Waals surface area contributed by atoms with E-state index in [4.69, 9.17) is 10.7 Å². The van der Waals surface area contributed by atoms with E-state index < -0.39 is 9.05 Å². The zero-order valence-electron chi connectivity index (χ0n) is 8.94. The van der Waals surface area contributed by atoms with Gasteiger partial charge in [-0.3, -0.25) is 0 Å². The molecule has 15 heavy (non-hydrogen) atoms. The fourth-order valence-corrected chi connectivity index (χ4v) is 1.91. The standard InChI is InChI=1S/C10H14ClNO2S/c1-8(2)12(3)9-4-6-10(7-5-9)15(11,13)14/h4-8H,1-3H3. The van der Waals surface area contributed by atoms with E-state index >= 15 is 0 Å². The van der Waals surface area contributed by atoms with Gasteiger partial charge < -0.3 is 4.90 Å². The van der Waals surface area contributed by atoms with Crippen LogP contribution in [0.25, 0.3) is 0 Å². The third kappa shape index (κ3) is 3.11. The topological polar surface area (TPSA) is 37.4 Å². The molecule has 0 aromatic heterocycles. The van der Waals surface area contributed by atoms with Crippen molar-refractivity contribution in [3.63, 3.8) is 0 Å². The fourth-order valence-electron chi connectivity index (χ4n) is 1.14. The van der Waals surface area contributed by atoms with Crippen LogP contribution in [0, 0.1) is 0 Å². The lowest BCUT2D eigenvalue weighted by Crippen LogP contribution is -2.25. The van der Waals surface area contributed by atoms with E-state index in [0.717, 1.165) is 5.69 Å². The molecule has 0 atom stereocenters. The molecule has 84 valence electrons. The molecule has 1 rings (SSSR count). The number of benzene rings is 1. The van der Waals surface area contributed by atoms with Crippen LogP contribution in [0.3, 0.4) is 0 Å². The molecule has 1 aromatic carbocycles. The minimum absolute atomic E-state index is 0.130. The second-order valence-electron chi connectivity index (χ2n) is 3.64. The van der Waals surface area contributed by atoms with Crippen molar-refractivity contribution in [2.75, 3.05) is 11.9 Å². The molecule has 0 saturated heterocycles. The third-order valence-electron chi connectivity index (χ3n) is 2.30. The van der Waals surface area contributed by atoms with Crippen molar-refractivity contribution >= 4 is 25.4 Å². The van der Waals surface area contributed by atoms with Gasteiger partial charge in [-0.15, -0.1) is 0 Å². The highest BCUT2D eigenvalue weighted by Gasteiger charge is 2.10. The van der Waals surface area contributed by atoms with Crippen LogP contribution in [-0.2, 0) is 9.05 Å². The Hall–Kier alpha value is -0.740. The van der Waals surface area contributed by atoms with E-state index in [0.29, 0.717) is 6.04 Å². The normalized spacial score (nSPS) is 11.8. The SMILES string of the molecule is CC(C)N(C)c1ccc(S(=O)(=O)Cl)cc1. The highest BCUT2D eigenvalue weighted by atomic mass is 35.7. The first-order chi connectivity index (χ1) is 6.82. The van der Waals surface area contributed by atoms with E-state index in [1.54, 1.807) is 12.1 Å². The summed E-state index contributed by atoms with van der Waals surface area (Å²) >= 11 is 0. The average Bonchev–Trinajstić information content (AvgIpc) is 2.15. The smallest absolute Gasteiger partial charge is 0.261 e. The van der Waals surface area contributed by atoms with Crippen molar-refractivity contribution in [2.45, 2.75) is 24.8 Å². The maximum absolute atomic E-state index is 11.0. The lowest BCUT2D eigenvalue weighted by atomic mass is 10.2. The molecule has 0 spiro atoms. The molecule has 0 radical (unpaired) electrons. The highest BCUT2D eigenvalue weighted by molar-refractivity contribution is 8.13. The highest BCUT2D eigenvalue weighted by Crippen LogP contribution is 2.20. The Labute approximate surface area is 95.1 Å². The number of halogens is 1. The number of anilines is 1. The molecule has 0 heterocycles. The van der Waals surface area contributed by atoms with Crippen LogP contribution in [0.2, 0.25) is 0 Å². The van der Waals surface area contributed by atoms with Crippen molar-refractivity contribution in [3.8, 4) is 0 Å². The van der Waals surface area contributed by atoms with Gasteiger partial charge in [0, 0.05) is 29.5 Å². The molecule has 5 heteroatoms. The van der Waals surface area contributed by atoms with Gasteiger partial charge in [-0.25, -0.2) is 8.42 Å². The van der Waals surface area contributed by atoms with Gasteiger partial charge in [0.1, 0.15) is 0 Å². The summed E-state index contributed by atoms with van der Waals surface area (Å²) in [5.41, 5.74) is 0.967. The molecule has 0 aliphatic rings. The number of hydrogen-bond donors (Lipinski definition) is 0. The summed E-state index contributed by atoms with van der Waals surface area (Å²) in [4.78, 5) is 2.18. The van der Waals surface area contributed by atoms with Gasteiger partial charge in [0.25, 0.3) is 9.05 Å². The van der Waals surface area contributed by atoms with Gasteiger partial charge in [-0.05, 0) is 38.1 Å². The first kappa shape index (κ1) is 12.3. The molecule has 1 aromatic rings. The molecule has 3 nitrogen and oxygen atoms in total. The second-order valence-corrected chi connectivity index (χ2v) is 6.20. The summed E-state index contributed by atoms with van der Waals surface area (Å²) in [6.07, 6.45) is 0. The van der Waals surface area contributed by atoms with Crippen LogP contribution in [0.1, 0.15) is 13.8 Å². The van der Waals surface area contributed by atoms with Crippen LogP contribution in [0.15, 0.2) is 29.2 Å². The summed E-state index contributed by atoms with van der Waals surface area (Å²) in [7, 11) is 3.55. The van der Waals surface area contributed by atoms with Crippen LogP contribution in [-0.4, -0.2) is 21.5 Å². The van der Waals surface area contributed by atoms with Gasteiger partial charge in [-0.2, -0.15) is 0 Å². The average molecular weight is 248 g/mol. The molecule has 0 aliphatic heterocycles. The first-order valence-electron chi connectivity index (χ1n) is 4.60. The van der Waals surface area contributed by atoms with Gasteiger partial charge in [-0.1, -0.05) is 0 Å². The Balaban J connectivity index is 3.01. The summed E-state index contributed by atoms with van der Waals surface area (Å²) in [5, 5.41) is 0. The number of rotatable bonds is 3. The Morgan fingerprint density at radius 2 is 1.67 bits per heavy atom. The van der Waals surface area contributed by atoms with Crippen molar-refractivity contribution in [1.29, 1.82) is 0 Å². The minimum Gasteiger partial charge on any atom is -0.372 e. The monoisotopic (exact) mass is 247 g/mol. The maximum atomic E-state index is 11.0. The lowest BCUT2D eigenvalue weighted by Gasteiger charge is -2.23. The summed E-state index contributed by atoms with van der Waals surface area (Å²) in [6, 6.07) is 6.88. The van der Waals surface area contributed by atoms with E-state index in [-0.39, 0.29) is 4.90 Å². The Bertz CT molecular complexity index is 425. The van der Waals surface area contributed by atoms with Gasteiger partial charge in [0.05, 0.1) is 4.90 Å². The molecular formula is C10H14ClNO2S. The molecule has 0 fully saturated rings. The molecule has 0 amide bonds. The van der Waals surface area contributed by atoms with E-state index in [1.807, 2.05) is 11.9 Å². The summed E-state index contributed by atoms with van der Waals surface area (Å²) in [5.74, 6) is 0. The van der Waals surface area contributed by atoms with Gasteiger partial charge in [0.2, 0.25) is 0 Å². The van der Waals surface area contributed by atoms with Crippen molar-refractivity contribution < 1.29 is 8.42 Å². The predicted molar refractivity (Wildman–Crippen MR) is 63.0 cm³/mol. The zero-order valence-corrected chi connectivity index (χ0v) is 10.5. The summed E-state index contributed by atoms with van der Waals surface area (Å²) < 4.78 is 22.0. The molecule has 0 N–H and O–H groups in total. The summed E-state index contributed by atoms with van der Waals surface area (Å²) in [6.45, 7) is 4.12. The number of nitrogens with zero attached hydrogens (tertiary/aromatic N) is 1. The lowest BCUT2D eigenvalue weighted by molar-refractivity contribution is 0.609. The Morgan fingerprint density at radius 1 is 1.20 bits per heavy atom. The largest absolute Gasteiger partial charge is 0.372 e. The Morgan fingerprint density at radius 3 is 2.00 bits per heavy atom. The predicted octanol–water partition coefficient (Wildman–Crippen LogP) is 2.46. The zero-order chi connectivity index (χ0) is 11.6. The van der Waals surface area contributed by atoms with Crippen LogP contribution < -0.4 is 4.90 Å². The number of hydrogen-bond acceptors (Lipinski definition) is 3. The molecular weight excluding hydrogens is 234 g/mol. The van der Waals surface area contributed by atoms with Gasteiger partial charge in [0.15, 0.2) is 0 Å². The third-order valence-corrected chi connectivity index (χ3v) is 3.67. The van der Waals surface area contributed by atoms with E-state index in [9.17, 15) is 8.42 Å².